The minimum atomic E-state index is -0.356. The fraction of sp³-hybridized carbons (Fsp3) is 0.0667. The zero-order valence-electron chi connectivity index (χ0n) is 9.97. The number of alkyl halides is 1. The van der Waals surface area contributed by atoms with Crippen LogP contribution >= 0.6 is 15.9 Å². The number of hydrogen-bond acceptors (Lipinski definition) is 3. The first-order valence-electron chi connectivity index (χ1n) is 5.83. The van der Waals surface area contributed by atoms with Crippen LogP contribution in [-0.4, -0.2) is 4.98 Å². The van der Waals surface area contributed by atoms with Gasteiger partial charge in [-0.1, -0.05) is 40.2 Å². The Morgan fingerprint density at radius 2 is 1.79 bits per heavy atom. The standard InChI is InChI=1S/C15H10BrNO2/c16-9-10-5-7-11(8-6-10)14-17-13-4-2-1-3-12(13)15(18)19-14/h1-8H,9H2. The molecular weight excluding hydrogens is 306 g/mol. The molecule has 0 N–H and O–H groups in total. The second-order valence-electron chi connectivity index (χ2n) is 4.15. The summed E-state index contributed by atoms with van der Waals surface area (Å²) in [5, 5.41) is 1.30. The SMILES string of the molecule is O=c1oc(-c2ccc(CBr)cc2)nc2ccccc12. The van der Waals surface area contributed by atoms with E-state index >= 15 is 0 Å². The second-order valence-corrected chi connectivity index (χ2v) is 4.71. The first-order chi connectivity index (χ1) is 9.28. The van der Waals surface area contributed by atoms with Crippen molar-refractivity contribution < 1.29 is 4.42 Å². The smallest absolute Gasteiger partial charge is 0.347 e. The van der Waals surface area contributed by atoms with Crippen LogP contribution in [0.1, 0.15) is 5.56 Å². The van der Waals surface area contributed by atoms with Gasteiger partial charge in [-0.25, -0.2) is 9.78 Å². The molecule has 3 aromatic rings. The van der Waals surface area contributed by atoms with Gasteiger partial charge in [-0.2, -0.15) is 0 Å². The molecule has 2 aromatic carbocycles. The molecule has 0 saturated carbocycles. The van der Waals surface area contributed by atoms with Crippen LogP contribution in [0.2, 0.25) is 0 Å². The van der Waals surface area contributed by atoms with Crippen LogP contribution in [0.15, 0.2) is 57.7 Å². The Labute approximate surface area is 118 Å². The summed E-state index contributed by atoms with van der Waals surface area (Å²) in [5.74, 6) is 0.352. The summed E-state index contributed by atoms with van der Waals surface area (Å²) < 4.78 is 5.27. The van der Waals surface area contributed by atoms with Gasteiger partial charge in [-0.15, -0.1) is 0 Å². The molecule has 4 heteroatoms. The summed E-state index contributed by atoms with van der Waals surface area (Å²) in [6, 6.07) is 14.9. The number of rotatable bonds is 2. The van der Waals surface area contributed by atoms with Crippen molar-refractivity contribution in [3.63, 3.8) is 0 Å². The number of hydrogen-bond donors (Lipinski definition) is 0. The lowest BCUT2D eigenvalue weighted by Gasteiger charge is -2.02. The quantitative estimate of drug-likeness (QED) is 0.676. The molecule has 1 aromatic heterocycles. The van der Waals surface area contributed by atoms with Gasteiger partial charge < -0.3 is 4.42 Å². The van der Waals surface area contributed by atoms with Crippen LogP contribution in [0.4, 0.5) is 0 Å². The number of para-hydroxylation sites is 1. The van der Waals surface area contributed by atoms with Crippen molar-refractivity contribution >= 4 is 26.8 Å². The maximum Gasteiger partial charge on any atom is 0.347 e. The van der Waals surface area contributed by atoms with Gasteiger partial charge in [0.05, 0.1) is 10.9 Å². The summed E-state index contributed by atoms with van der Waals surface area (Å²) in [6.07, 6.45) is 0. The highest BCUT2D eigenvalue weighted by atomic mass is 79.9. The van der Waals surface area contributed by atoms with E-state index in [1.165, 1.54) is 0 Å². The second kappa shape index (κ2) is 4.97. The Hall–Kier alpha value is -1.94. The first kappa shape index (κ1) is 12.1. The molecule has 0 bridgehead atoms. The summed E-state index contributed by atoms with van der Waals surface area (Å²) in [4.78, 5) is 16.3. The predicted molar refractivity (Wildman–Crippen MR) is 78.3 cm³/mol. The van der Waals surface area contributed by atoms with E-state index in [-0.39, 0.29) is 5.63 Å². The Bertz CT molecular complexity index is 778. The summed E-state index contributed by atoms with van der Waals surface area (Å²) >= 11 is 3.39. The summed E-state index contributed by atoms with van der Waals surface area (Å²) in [7, 11) is 0. The van der Waals surface area contributed by atoms with Crippen LogP contribution < -0.4 is 5.63 Å². The fourth-order valence-corrected chi connectivity index (χ4v) is 2.25. The molecule has 94 valence electrons. The van der Waals surface area contributed by atoms with Crippen molar-refractivity contribution in [3.05, 3.63) is 64.5 Å². The molecule has 0 saturated heterocycles. The molecule has 0 spiro atoms. The van der Waals surface area contributed by atoms with Gasteiger partial charge in [-0.05, 0) is 29.8 Å². The van der Waals surface area contributed by atoms with Crippen molar-refractivity contribution in [1.29, 1.82) is 0 Å². The lowest BCUT2D eigenvalue weighted by molar-refractivity contribution is 0.518. The minimum Gasteiger partial charge on any atom is -0.403 e. The molecule has 0 aliphatic heterocycles. The van der Waals surface area contributed by atoms with Crippen molar-refractivity contribution in [3.8, 4) is 11.5 Å². The third-order valence-electron chi connectivity index (χ3n) is 2.89. The van der Waals surface area contributed by atoms with E-state index in [1.54, 1.807) is 12.1 Å². The molecule has 0 amide bonds. The van der Waals surface area contributed by atoms with Gasteiger partial charge in [0.25, 0.3) is 0 Å². The van der Waals surface area contributed by atoms with Crippen LogP contribution in [0, 0.1) is 0 Å². The highest BCUT2D eigenvalue weighted by Gasteiger charge is 2.07. The number of benzene rings is 2. The largest absolute Gasteiger partial charge is 0.403 e. The monoisotopic (exact) mass is 315 g/mol. The van der Waals surface area contributed by atoms with Crippen molar-refractivity contribution in [2.45, 2.75) is 5.33 Å². The maximum atomic E-state index is 11.9. The molecule has 0 aliphatic rings. The van der Waals surface area contributed by atoms with Crippen molar-refractivity contribution in [2.75, 3.05) is 0 Å². The van der Waals surface area contributed by atoms with Gasteiger partial charge in [0.2, 0.25) is 5.89 Å². The van der Waals surface area contributed by atoms with Crippen LogP contribution in [0.5, 0.6) is 0 Å². The summed E-state index contributed by atoms with van der Waals surface area (Å²) in [6.45, 7) is 0. The van der Waals surface area contributed by atoms with E-state index in [1.807, 2.05) is 36.4 Å². The van der Waals surface area contributed by atoms with E-state index in [0.717, 1.165) is 16.5 Å². The number of fused-ring (bicyclic) bond motifs is 1. The van der Waals surface area contributed by atoms with Crippen molar-refractivity contribution in [2.24, 2.45) is 0 Å². The third-order valence-corrected chi connectivity index (χ3v) is 3.54. The zero-order valence-corrected chi connectivity index (χ0v) is 11.6. The molecule has 3 rings (SSSR count). The molecule has 1 heterocycles. The van der Waals surface area contributed by atoms with Crippen LogP contribution in [-0.2, 0) is 5.33 Å². The molecule has 0 unspecified atom stereocenters. The number of halogens is 1. The Morgan fingerprint density at radius 1 is 1.05 bits per heavy atom. The Balaban J connectivity index is 2.16. The van der Waals surface area contributed by atoms with E-state index in [0.29, 0.717) is 16.8 Å². The molecule has 19 heavy (non-hydrogen) atoms. The summed E-state index contributed by atoms with van der Waals surface area (Å²) in [5.41, 5.74) is 2.25. The van der Waals surface area contributed by atoms with Gasteiger partial charge in [0.15, 0.2) is 0 Å². The normalized spacial score (nSPS) is 10.8. The lowest BCUT2D eigenvalue weighted by Crippen LogP contribution is -2.02. The number of nitrogens with zero attached hydrogens (tertiary/aromatic N) is 1. The molecular formula is C15H10BrNO2. The average molecular weight is 316 g/mol. The van der Waals surface area contributed by atoms with Crippen molar-refractivity contribution in [1.82, 2.24) is 4.98 Å². The maximum absolute atomic E-state index is 11.9. The van der Waals surface area contributed by atoms with E-state index in [2.05, 4.69) is 20.9 Å². The van der Waals surface area contributed by atoms with Crippen LogP contribution in [0.3, 0.4) is 0 Å². The molecule has 0 aliphatic carbocycles. The van der Waals surface area contributed by atoms with Gasteiger partial charge in [-0.3, -0.25) is 0 Å². The minimum absolute atomic E-state index is 0.352. The highest BCUT2D eigenvalue weighted by molar-refractivity contribution is 9.08. The lowest BCUT2D eigenvalue weighted by atomic mass is 10.1. The highest BCUT2D eigenvalue weighted by Crippen LogP contribution is 2.19. The topological polar surface area (TPSA) is 43.1 Å². The average Bonchev–Trinajstić information content (AvgIpc) is 2.47. The van der Waals surface area contributed by atoms with Gasteiger partial charge >= 0.3 is 5.63 Å². The van der Waals surface area contributed by atoms with Gasteiger partial charge in [0, 0.05) is 10.9 Å². The molecule has 3 nitrogen and oxygen atoms in total. The molecule has 0 fully saturated rings. The van der Waals surface area contributed by atoms with E-state index in [4.69, 9.17) is 4.42 Å². The molecule has 0 atom stereocenters. The van der Waals surface area contributed by atoms with E-state index in [9.17, 15) is 4.79 Å². The zero-order chi connectivity index (χ0) is 13.2. The Morgan fingerprint density at radius 3 is 2.53 bits per heavy atom. The fourth-order valence-electron chi connectivity index (χ4n) is 1.88. The third kappa shape index (κ3) is 2.31. The number of aromatic nitrogens is 1. The first-order valence-corrected chi connectivity index (χ1v) is 6.95. The van der Waals surface area contributed by atoms with E-state index < -0.39 is 0 Å². The van der Waals surface area contributed by atoms with Gasteiger partial charge in [0.1, 0.15) is 0 Å². The Kier molecular flexibility index (Phi) is 3.17. The molecule has 0 radical (unpaired) electrons. The van der Waals surface area contributed by atoms with Crippen LogP contribution in [0.25, 0.3) is 22.4 Å². The predicted octanol–water partition coefficient (Wildman–Crippen LogP) is 3.75.